The summed E-state index contributed by atoms with van der Waals surface area (Å²) in [5.41, 5.74) is 0. The van der Waals surface area contributed by atoms with Crippen LogP contribution < -0.4 is 0 Å². The van der Waals surface area contributed by atoms with Crippen LogP contribution in [0.15, 0.2) is 0 Å². The van der Waals surface area contributed by atoms with Crippen molar-refractivity contribution in [1.29, 1.82) is 0 Å². The highest BCUT2D eigenvalue weighted by Gasteiger charge is 2.67. The van der Waals surface area contributed by atoms with Crippen LogP contribution in [-0.4, -0.2) is 34.9 Å². The SMILES string of the molecule is CC1CC1(SC1(C(C)C2CCCCO2)CC1C)C(C)C1CCCCO1. The van der Waals surface area contributed by atoms with Gasteiger partial charge in [0.1, 0.15) is 0 Å². The molecule has 0 amide bonds. The van der Waals surface area contributed by atoms with E-state index < -0.39 is 0 Å². The molecule has 0 aromatic carbocycles. The first kappa shape index (κ1) is 18.6. The molecule has 0 N–H and O–H groups in total. The lowest BCUT2D eigenvalue weighted by atomic mass is 9.91. The van der Waals surface area contributed by atoms with Crippen molar-refractivity contribution >= 4 is 11.8 Å². The largest absolute Gasteiger partial charge is 0.378 e. The fourth-order valence-corrected chi connectivity index (χ4v) is 8.33. The first-order chi connectivity index (χ1) is 12.0. The highest BCUT2D eigenvalue weighted by molar-refractivity contribution is 8.02. The first-order valence-electron chi connectivity index (χ1n) is 10.9. The summed E-state index contributed by atoms with van der Waals surface area (Å²) in [6.45, 7) is 11.9. The van der Waals surface area contributed by atoms with Crippen molar-refractivity contribution in [2.45, 2.75) is 101 Å². The lowest BCUT2D eigenvalue weighted by molar-refractivity contribution is -0.0219. The van der Waals surface area contributed by atoms with Crippen molar-refractivity contribution in [3.8, 4) is 0 Å². The van der Waals surface area contributed by atoms with Crippen LogP contribution in [0.4, 0.5) is 0 Å². The van der Waals surface area contributed by atoms with E-state index >= 15 is 0 Å². The maximum atomic E-state index is 6.21. The summed E-state index contributed by atoms with van der Waals surface area (Å²) in [6.07, 6.45) is 11.6. The first-order valence-corrected chi connectivity index (χ1v) is 11.7. The normalized spacial score (nSPS) is 49.4. The van der Waals surface area contributed by atoms with E-state index in [4.69, 9.17) is 9.47 Å². The third-order valence-electron chi connectivity index (χ3n) is 8.07. The van der Waals surface area contributed by atoms with E-state index in [1.807, 2.05) is 0 Å². The average Bonchev–Trinajstić information content (AvgIpc) is 3.51. The summed E-state index contributed by atoms with van der Waals surface area (Å²) in [4.78, 5) is 0. The van der Waals surface area contributed by atoms with Gasteiger partial charge < -0.3 is 9.47 Å². The van der Waals surface area contributed by atoms with Gasteiger partial charge in [0.2, 0.25) is 0 Å². The van der Waals surface area contributed by atoms with Gasteiger partial charge in [-0.05, 0) is 75.0 Å². The Balaban J connectivity index is 1.47. The molecule has 4 aliphatic rings. The minimum Gasteiger partial charge on any atom is -0.378 e. The van der Waals surface area contributed by atoms with E-state index in [-0.39, 0.29) is 0 Å². The second kappa shape index (κ2) is 7.02. The van der Waals surface area contributed by atoms with Gasteiger partial charge in [-0.3, -0.25) is 0 Å². The number of hydrogen-bond donors (Lipinski definition) is 0. The molecule has 0 radical (unpaired) electrons. The third-order valence-corrected chi connectivity index (χ3v) is 10.7. The van der Waals surface area contributed by atoms with Gasteiger partial charge >= 0.3 is 0 Å². The maximum Gasteiger partial charge on any atom is 0.0614 e. The van der Waals surface area contributed by atoms with Crippen LogP contribution in [0.3, 0.4) is 0 Å². The summed E-state index contributed by atoms with van der Waals surface area (Å²) in [5.74, 6) is 3.08. The monoisotopic (exact) mass is 366 g/mol. The van der Waals surface area contributed by atoms with Crippen LogP contribution in [0.1, 0.15) is 79.1 Å². The molecule has 2 nitrogen and oxygen atoms in total. The zero-order chi connectivity index (χ0) is 17.7. The Bertz CT molecular complexity index is 429. The average molecular weight is 367 g/mol. The summed E-state index contributed by atoms with van der Waals surface area (Å²) in [5, 5.41) is 0. The van der Waals surface area contributed by atoms with Crippen molar-refractivity contribution in [3.05, 3.63) is 0 Å². The second-order valence-electron chi connectivity index (χ2n) is 9.61. The molecule has 2 saturated carbocycles. The quantitative estimate of drug-likeness (QED) is 0.602. The van der Waals surface area contributed by atoms with Gasteiger partial charge in [0.05, 0.1) is 12.2 Å². The van der Waals surface area contributed by atoms with Gasteiger partial charge in [0, 0.05) is 22.7 Å². The van der Waals surface area contributed by atoms with Crippen molar-refractivity contribution < 1.29 is 9.47 Å². The molecule has 2 saturated heterocycles. The van der Waals surface area contributed by atoms with Crippen LogP contribution in [0.5, 0.6) is 0 Å². The van der Waals surface area contributed by atoms with Crippen molar-refractivity contribution in [2.75, 3.05) is 13.2 Å². The fraction of sp³-hybridized carbons (Fsp3) is 1.00. The van der Waals surface area contributed by atoms with Gasteiger partial charge in [-0.2, -0.15) is 0 Å². The zero-order valence-corrected chi connectivity index (χ0v) is 17.6. The predicted molar refractivity (Wildman–Crippen MR) is 106 cm³/mol. The zero-order valence-electron chi connectivity index (χ0n) is 16.8. The van der Waals surface area contributed by atoms with Crippen molar-refractivity contribution in [2.24, 2.45) is 23.7 Å². The highest BCUT2D eigenvalue weighted by Crippen LogP contribution is 2.72. The standard InChI is InChI=1S/C22H38O2S/c1-15-13-21(15,17(3)19-9-5-7-11-23-19)25-22(14-16(22)2)18(4)20-10-6-8-12-24-20/h15-20H,5-14H2,1-4H3. The Labute approximate surface area is 159 Å². The van der Waals surface area contributed by atoms with Crippen molar-refractivity contribution in [3.63, 3.8) is 0 Å². The van der Waals surface area contributed by atoms with Gasteiger partial charge in [0.25, 0.3) is 0 Å². The topological polar surface area (TPSA) is 18.5 Å². The van der Waals surface area contributed by atoms with Crippen LogP contribution >= 0.6 is 11.8 Å². The lowest BCUT2D eigenvalue weighted by Crippen LogP contribution is -2.40. The molecule has 25 heavy (non-hydrogen) atoms. The number of hydrogen-bond acceptors (Lipinski definition) is 3. The number of thioether (sulfide) groups is 1. The lowest BCUT2D eigenvalue weighted by Gasteiger charge is -2.40. The van der Waals surface area contributed by atoms with Crippen LogP contribution in [-0.2, 0) is 9.47 Å². The van der Waals surface area contributed by atoms with Gasteiger partial charge in [-0.1, -0.05) is 27.7 Å². The van der Waals surface area contributed by atoms with Gasteiger partial charge in [-0.15, -0.1) is 11.8 Å². The minimum atomic E-state index is 0.468. The molecule has 2 aliphatic heterocycles. The number of rotatable bonds is 6. The van der Waals surface area contributed by atoms with E-state index in [2.05, 4.69) is 39.5 Å². The van der Waals surface area contributed by atoms with Crippen LogP contribution in [0.2, 0.25) is 0 Å². The van der Waals surface area contributed by atoms with E-state index in [0.717, 1.165) is 25.0 Å². The summed E-state index contributed by atoms with van der Waals surface area (Å²) in [6, 6.07) is 0. The number of ether oxygens (including phenoxy) is 2. The van der Waals surface area contributed by atoms with Crippen molar-refractivity contribution in [1.82, 2.24) is 0 Å². The van der Waals surface area contributed by atoms with E-state index in [0.29, 0.717) is 33.5 Å². The smallest absolute Gasteiger partial charge is 0.0614 e. The van der Waals surface area contributed by atoms with Crippen LogP contribution in [0.25, 0.3) is 0 Å². The fourth-order valence-electron chi connectivity index (χ4n) is 5.88. The summed E-state index contributed by atoms with van der Waals surface area (Å²) in [7, 11) is 0. The van der Waals surface area contributed by atoms with Crippen LogP contribution in [0, 0.1) is 23.7 Å². The molecule has 0 aromatic rings. The Hall–Kier alpha value is 0.270. The summed E-state index contributed by atoms with van der Waals surface area (Å²) < 4.78 is 13.4. The molecular weight excluding hydrogens is 328 g/mol. The highest BCUT2D eigenvalue weighted by atomic mass is 32.2. The molecule has 4 fully saturated rings. The second-order valence-corrected chi connectivity index (χ2v) is 11.3. The Morgan fingerprint density at radius 2 is 1.16 bits per heavy atom. The Kier molecular flexibility index (Phi) is 5.23. The maximum absolute atomic E-state index is 6.21. The van der Waals surface area contributed by atoms with E-state index in [9.17, 15) is 0 Å². The molecule has 144 valence electrons. The molecule has 8 atom stereocenters. The van der Waals surface area contributed by atoms with Gasteiger partial charge in [0.15, 0.2) is 0 Å². The van der Waals surface area contributed by atoms with E-state index in [1.165, 1.54) is 51.4 Å². The molecule has 0 aromatic heterocycles. The molecule has 8 unspecified atom stereocenters. The molecule has 4 rings (SSSR count). The summed E-state index contributed by atoms with van der Waals surface area (Å²) >= 11 is 2.39. The minimum absolute atomic E-state index is 0.468. The molecule has 0 bridgehead atoms. The molecular formula is C22H38O2S. The molecule has 2 heterocycles. The van der Waals surface area contributed by atoms with Gasteiger partial charge in [-0.25, -0.2) is 0 Å². The third kappa shape index (κ3) is 3.31. The Morgan fingerprint density at radius 3 is 1.44 bits per heavy atom. The Morgan fingerprint density at radius 1 is 0.760 bits per heavy atom. The molecule has 2 aliphatic carbocycles. The molecule has 0 spiro atoms. The molecule has 3 heteroatoms. The van der Waals surface area contributed by atoms with E-state index in [1.54, 1.807) is 0 Å². The predicted octanol–water partition coefficient (Wildman–Crippen LogP) is 5.69.